The molecule has 3 saturated carbocycles. The molecule has 0 saturated heterocycles. The van der Waals surface area contributed by atoms with Crippen molar-refractivity contribution in [1.82, 2.24) is 0 Å². The van der Waals surface area contributed by atoms with Crippen LogP contribution in [0.3, 0.4) is 0 Å². The lowest BCUT2D eigenvalue weighted by Crippen LogP contribution is -2.49. The standard InChI is InChI=1S/C38H44/c1-7-26(6)8-9-27-10-11-31(21-36(27)38-17-16-35-33(22-38)20-34(35)23-38)29-12-13-30-19-32(15-14-28(30)18-29)37(24(2)3)25(4)5/h10-16,18-19,21,26,33-34,37H,2,4,7-9,17,20,22-23H2,1,3,5-6H3. The summed E-state index contributed by atoms with van der Waals surface area (Å²) in [5.41, 5.74) is 11.8. The summed E-state index contributed by atoms with van der Waals surface area (Å²) in [5, 5.41) is 2.60. The second-order valence-corrected chi connectivity index (χ2v) is 13.1. The molecule has 3 aromatic rings. The third-order valence-corrected chi connectivity index (χ3v) is 10.3. The molecule has 8 rings (SSSR count). The molecule has 0 nitrogen and oxygen atoms in total. The van der Waals surface area contributed by atoms with Crippen LogP contribution in [0, 0.1) is 17.8 Å². The fourth-order valence-corrected chi connectivity index (χ4v) is 8.05. The van der Waals surface area contributed by atoms with Gasteiger partial charge in [-0.15, -0.1) is 0 Å². The lowest BCUT2D eigenvalue weighted by atomic mass is 9.46. The van der Waals surface area contributed by atoms with Crippen LogP contribution < -0.4 is 0 Å². The smallest absolute Gasteiger partial charge is 0.0247 e. The van der Waals surface area contributed by atoms with E-state index >= 15 is 0 Å². The number of rotatable bonds is 9. The number of allylic oxidation sites excluding steroid dienone is 4. The molecule has 5 aliphatic carbocycles. The molecule has 0 aliphatic heterocycles. The summed E-state index contributed by atoms with van der Waals surface area (Å²) in [6.07, 6.45) is 11.9. The Balaban J connectivity index is 1.37. The lowest BCUT2D eigenvalue weighted by Gasteiger charge is -2.58. The van der Waals surface area contributed by atoms with E-state index in [1.807, 2.05) is 0 Å². The Hall–Kier alpha value is -2.86. The van der Waals surface area contributed by atoms with Crippen LogP contribution in [0.15, 0.2) is 90.6 Å². The molecule has 0 radical (unpaired) electrons. The molecular formula is C38H44. The number of benzene rings is 3. The zero-order chi connectivity index (χ0) is 26.6. The zero-order valence-corrected chi connectivity index (χ0v) is 23.9. The number of fused-ring (bicyclic) bond motifs is 2. The Morgan fingerprint density at radius 1 is 0.895 bits per heavy atom. The second kappa shape index (κ2) is 9.71. The van der Waals surface area contributed by atoms with Gasteiger partial charge in [0.05, 0.1) is 0 Å². The van der Waals surface area contributed by atoms with Crippen molar-refractivity contribution >= 4 is 10.8 Å². The summed E-state index contributed by atoms with van der Waals surface area (Å²) >= 11 is 0. The molecular weight excluding hydrogens is 456 g/mol. The second-order valence-electron chi connectivity index (χ2n) is 13.1. The molecule has 0 aromatic heterocycles. The van der Waals surface area contributed by atoms with Gasteiger partial charge in [0.2, 0.25) is 0 Å². The summed E-state index contributed by atoms with van der Waals surface area (Å²) in [5.74, 6) is 2.74. The van der Waals surface area contributed by atoms with Crippen LogP contribution in [0.5, 0.6) is 0 Å². The van der Waals surface area contributed by atoms with E-state index < -0.39 is 0 Å². The van der Waals surface area contributed by atoms with Gasteiger partial charge in [-0.25, -0.2) is 0 Å². The van der Waals surface area contributed by atoms with Crippen molar-refractivity contribution in [2.24, 2.45) is 17.8 Å². The summed E-state index contributed by atoms with van der Waals surface area (Å²) < 4.78 is 0. The molecule has 3 unspecified atom stereocenters. The Morgan fingerprint density at radius 2 is 1.55 bits per heavy atom. The highest BCUT2D eigenvalue weighted by atomic mass is 14.6. The van der Waals surface area contributed by atoms with Crippen LogP contribution in [0.25, 0.3) is 21.9 Å². The Kier molecular flexibility index (Phi) is 6.50. The molecule has 0 heterocycles. The first-order valence-electron chi connectivity index (χ1n) is 15.0. The van der Waals surface area contributed by atoms with Crippen LogP contribution in [-0.2, 0) is 11.8 Å². The predicted octanol–water partition coefficient (Wildman–Crippen LogP) is 10.7. The zero-order valence-electron chi connectivity index (χ0n) is 23.9. The first kappa shape index (κ1) is 25.4. The van der Waals surface area contributed by atoms with Gasteiger partial charge in [0, 0.05) is 11.3 Å². The Morgan fingerprint density at radius 3 is 2.24 bits per heavy atom. The SMILES string of the molecule is C=C(C)C(C(=C)C)c1ccc2cc(-c3ccc(CCC(C)CC)c(C45CC=C6C(CC6C4)C5)c3)ccc2c1. The van der Waals surface area contributed by atoms with E-state index in [1.165, 1.54) is 72.4 Å². The number of hydrogen-bond acceptors (Lipinski definition) is 0. The molecule has 3 aromatic carbocycles. The first-order chi connectivity index (χ1) is 18.3. The third kappa shape index (κ3) is 4.31. The van der Waals surface area contributed by atoms with Crippen molar-refractivity contribution < 1.29 is 0 Å². The van der Waals surface area contributed by atoms with E-state index in [-0.39, 0.29) is 5.92 Å². The largest absolute Gasteiger partial charge is 0.0992 e. The maximum absolute atomic E-state index is 4.23. The average molecular weight is 501 g/mol. The average Bonchev–Trinajstić information content (AvgIpc) is 2.91. The van der Waals surface area contributed by atoms with Crippen LogP contribution >= 0.6 is 0 Å². The minimum atomic E-state index is 0.218. The predicted molar refractivity (Wildman–Crippen MR) is 165 cm³/mol. The maximum Gasteiger partial charge on any atom is 0.0247 e. The van der Waals surface area contributed by atoms with Crippen LogP contribution in [-0.4, -0.2) is 0 Å². The van der Waals surface area contributed by atoms with E-state index in [1.54, 1.807) is 16.7 Å². The Bertz CT molecular complexity index is 1420. The number of hydrogen-bond donors (Lipinski definition) is 0. The summed E-state index contributed by atoms with van der Waals surface area (Å²) in [6, 6.07) is 21.4. The first-order valence-corrected chi connectivity index (χ1v) is 15.0. The van der Waals surface area contributed by atoms with Crippen molar-refractivity contribution in [1.29, 1.82) is 0 Å². The summed E-state index contributed by atoms with van der Waals surface area (Å²) in [7, 11) is 0. The minimum absolute atomic E-state index is 0.218. The van der Waals surface area contributed by atoms with E-state index in [4.69, 9.17) is 0 Å². The van der Waals surface area contributed by atoms with E-state index in [2.05, 4.69) is 102 Å². The molecule has 5 aliphatic rings. The monoisotopic (exact) mass is 500 g/mol. The highest BCUT2D eigenvalue weighted by Gasteiger charge is 2.53. The van der Waals surface area contributed by atoms with Crippen molar-refractivity contribution in [3.05, 3.63) is 107 Å². The van der Waals surface area contributed by atoms with Crippen LogP contribution in [0.2, 0.25) is 0 Å². The van der Waals surface area contributed by atoms with Crippen LogP contribution in [0.4, 0.5) is 0 Å². The van der Waals surface area contributed by atoms with Gasteiger partial charge in [-0.2, -0.15) is 0 Å². The van der Waals surface area contributed by atoms with Gasteiger partial charge in [0.25, 0.3) is 0 Å². The van der Waals surface area contributed by atoms with Crippen molar-refractivity contribution in [2.45, 2.75) is 84.0 Å². The molecule has 4 bridgehead atoms. The molecule has 0 amide bonds. The van der Waals surface area contributed by atoms with E-state index in [0.29, 0.717) is 5.41 Å². The normalized spacial score (nSPS) is 24.3. The number of aryl methyl sites for hydroxylation is 1. The fraction of sp³-hybridized carbons (Fsp3) is 0.421. The van der Waals surface area contributed by atoms with Crippen molar-refractivity contribution in [2.75, 3.05) is 0 Å². The summed E-state index contributed by atoms with van der Waals surface area (Å²) in [4.78, 5) is 0. The molecule has 3 fully saturated rings. The van der Waals surface area contributed by atoms with Crippen molar-refractivity contribution in [3.8, 4) is 11.1 Å². The van der Waals surface area contributed by atoms with Gasteiger partial charge in [-0.05, 0) is 115 Å². The van der Waals surface area contributed by atoms with E-state index in [9.17, 15) is 0 Å². The van der Waals surface area contributed by atoms with Gasteiger partial charge in [0.15, 0.2) is 0 Å². The van der Waals surface area contributed by atoms with E-state index in [0.717, 1.165) is 28.9 Å². The van der Waals surface area contributed by atoms with Gasteiger partial charge in [-0.3, -0.25) is 0 Å². The van der Waals surface area contributed by atoms with Crippen LogP contribution in [0.1, 0.15) is 88.8 Å². The molecule has 196 valence electrons. The van der Waals surface area contributed by atoms with Crippen molar-refractivity contribution in [3.63, 3.8) is 0 Å². The van der Waals surface area contributed by atoms with Gasteiger partial charge >= 0.3 is 0 Å². The molecule has 38 heavy (non-hydrogen) atoms. The summed E-state index contributed by atoms with van der Waals surface area (Å²) in [6.45, 7) is 17.4. The van der Waals surface area contributed by atoms with Gasteiger partial charge in [0.1, 0.15) is 0 Å². The molecule has 0 spiro atoms. The molecule has 0 heteroatoms. The van der Waals surface area contributed by atoms with Gasteiger partial charge < -0.3 is 0 Å². The fourth-order valence-electron chi connectivity index (χ4n) is 8.05. The quantitative estimate of drug-likeness (QED) is 0.256. The topological polar surface area (TPSA) is 0 Å². The lowest BCUT2D eigenvalue weighted by molar-refractivity contribution is 0.0972. The highest BCUT2D eigenvalue weighted by molar-refractivity contribution is 5.88. The third-order valence-electron chi connectivity index (χ3n) is 10.3. The maximum atomic E-state index is 4.23. The minimum Gasteiger partial charge on any atom is -0.0992 e. The molecule has 3 atom stereocenters. The Labute approximate surface area is 230 Å². The van der Waals surface area contributed by atoms with Gasteiger partial charge in [-0.1, -0.05) is 105 Å². The molecule has 0 N–H and O–H groups in total. The highest BCUT2D eigenvalue weighted by Crippen LogP contribution is 2.63.